The van der Waals surface area contributed by atoms with Crippen LogP contribution in [0.25, 0.3) is 0 Å². The lowest BCUT2D eigenvalue weighted by Gasteiger charge is -2.22. The van der Waals surface area contributed by atoms with Crippen molar-refractivity contribution in [2.75, 3.05) is 6.61 Å². The molecule has 3 nitrogen and oxygen atoms in total. The van der Waals surface area contributed by atoms with Gasteiger partial charge in [-0.3, -0.25) is 0 Å². The maximum absolute atomic E-state index is 10.8. The van der Waals surface area contributed by atoms with E-state index in [2.05, 4.69) is 38.1 Å². The van der Waals surface area contributed by atoms with Crippen LogP contribution in [-0.4, -0.2) is 17.7 Å². The van der Waals surface area contributed by atoms with Gasteiger partial charge in [0.05, 0.1) is 0 Å². The summed E-state index contributed by atoms with van der Waals surface area (Å²) in [5, 5.41) is 8.86. The second kappa shape index (κ2) is 7.96. The van der Waals surface area contributed by atoms with Crippen LogP contribution in [0.4, 0.5) is 0 Å². The van der Waals surface area contributed by atoms with Gasteiger partial charge in [-0.2, -0.15) is 0 Å². The second-order valence-electron chi connectivity index (χ2n) is 6.62. The molecule has 0 amide bonds. The number of benzene rings is 2. The molecule has 0 bridgehead atoms. The normalized spacial score (nSPS) is 13.4. The molecule has 2 aromatic rings. The zero-order valence-electron chi connectivity index (χ0n) is 14.8. The third-order valence-corrected chi connectivity index (χ3v) is 5.94. The summed E-state index contributed by atoms with van der Waals surface area (Å²) in [4.78, 5) is 12.1. The van der Waals surface area contributed by atoms with Crippen LogP contribution in [-0.2, 0) is 23.4 Å². The van der Waals surface area contributed by atoms with Crippen molar-refractivity contribution in [2.24, 2.45) is 0 Å². The highest BCUT2D eigenvalue weighted by atomic mass is 32.2. The molecule has 3 rings (SSSR count). The molecule has 0 aliphatic heterocycles. The quantitative estimate of drug-likeness (QED) is 0.745. The van der Waals surface area contributed by atoms with Gasteiger partial charge in [0.2, 0.25) is 0 Å². The van der Waals surface area contributed by atoms with Crippen molar-refractivity contribution in [1.29, 1.82) is 0 Å². The first kappa shape index (κ1) is 17.9. The molecule has 0 aromatic heterocycles. The standard InChI is InChI=1S/C21H24O3S/c1-14-7-8-16(11-15(14)2)13-25-20-10-9-19(24-12-21(22)23)17-5-3-4-6-18(17)20/h7-11H,3-6,12-13H2,1-2H3,(H,22,23). The number of aliphatic carboxylic acids is 1. The van der Waals surface area contributed by atoms with Crippen LogP contribution >= 0.6 is 11.8 Å². The van der Waals surface area contributed by atoms with Crippen LogP contribution in [0.2, 0.25) is 0 Å². The molecule has 2 aromatic carbocycles. The van der Waals surface area contributed by atoms with E-state index >= 15 is 0 Å². The maximum Gasteiger partial charge on any atom is 0.341 e. The number of hydrogen-bond acceptors (Lipinski definition) is 3. The summed E-state index contributed by atoms with van der Waals surface area (Å²) in [7, 11) is 0. The molecule has 132 valence electrons. The molecular weight excluding hydrogens is 332 g/mol. The summed E-state index contributed by atoms with van der Waals surface area (Å²) >= 11 is 1.86. The Morgan fingerprint density at radius 2 is 1.84 bits per heavy atom. The molecule has 4 heteroatoms. The Balaban J connectivity index is 1.79. The Bertz CT molecular complexity index is 783. The van der Waals surface area contributed by atoms with E-state index in [0.29, 0.717) is 0 Å². The molecule has 1 N–H and O–H groups in total. The number of thioether (sulfide) groups is 1. The fourth-order valence-corrected chi connectivity index (χ4v) is 4.33. The van der Waals surface area contributed by atoms with E-state index < -0.39 is 5.97 Å². The number of carboxylic acid groups (broad SMARTS) is 1. The third kappa shape index (κ3) is 4.37. The lowest BCUT2D eigenvalue weighted by Crippen LogP contribution is -2.13. The number of hydrogen-bond donors (Lipinski definition) is 1. The van der Waals surface area contributed by atoms with Gasteiger partial charge in [0, 0.05) is 10.6 Å². The first-order chi connectivity index (χ1) is 12.0. The van der Waals surface area contributed by atoms with E-state index in [9.17, 15) is 4.79 Å². The van der Waals surface area contributed by atoms with Gasteiger partial charge in [-0.1, -0.05) is 18.2 Å². The molecule has 0 heterocycles. The number of rotatable bonds is 6. The Kier molecular flexibility index (Phi) is 5.69. The van der Waals surface area contributed by atoms with Crippen molar-refractivity contribution in [3.63, 3.8) is 0 Å². The van der Waals surface area contributed by atoms with Crippen LogP contribution < -0.4 is 4.74 Å². The highest BCUT2D eigenvalue weighted by Gasteiger charge is 2.19. The molecular formula is C21H24O3S. The molecule has 1 aliphatic carbocycles. The smallest absolute Gasteiger partial charge is 0.341 e. The summed E-state index contributed by atoms with van der Waals surface area (Å²) in [5.74, 6) is 0.758. The molecule has 0 radical (unpaired) electrons. The zero-order valence-corrected chi connectivity index (χ0v) is 15.6. The monoisotopic (exact) mass is 356 g/mol. The second-order valence-corrected chi connectivity index (χ2v) is 7.63. The van der Waals surface area contributed by atoms with Crippen molar-refractivity contribution in [1.82, 2.24) is 0 Å². The van der Waals surface area contributed by atoms with E-state index in [1.54, 1.807) is 0 Å². The van der Waals surface area contributed by atoms with E-state index in [-0.39, 0.29) is 6.61 Å². The Morgan fingerprint density at radius 3 is 2.56 bits per heavy atom. The van der Waals surface area contributed by atoms with Crippen molar-refractivity contribution in [3.05, 3.63) is 58.1 Å². The molecule has 0 unspecified atom stereocenters. The Labute approximate surface area is 153 Å². The van der Waals surface area contributed by atoms with Crippen molar-refractivity contribution < 1.29 is 14.6 Å². The fourth-order valence-electron chi connectivity index (χ4n) is 3.27. The maximum atomic E-state index is 10.8. The van der Waals surface area contributed by atoms with E-state index in [4.69, 9.17) is 9.84 Å². The SMILES string of the molecule is Cc1ccc(CSc2ccc(OCC(=O)O)c3c2CCCC3)cc1C. The predicted octanol–water partition coefficient (Wildman–Crippen LogP) is 4.94. The third-order valence-electron chi connectivity index (χ3n) is 4.77. The minimum absolute atomic E-state index is 0.276. The van der Waals surface area contributed by atoms with Crippen LogP contribution in [0.1, 0.15) is 40.7 Å². The zero-order chi connectivity index (χ0) is 17.8. The summed E-state index contributed by atoms with van der Waals surface area (Å²) in [6.45, 7) is 4.01. The fraction of sp³-hybridized carbons (Fsp3) is 0.381. The number of carbonyl (C=O) groups is 1. The van der Waals surface area contributed by atoms with Gasteiger partial charge in [-0.15, -0.1) is 11.8 Å². The topological polar surface area (TPSA) is 46.5 Å². The summed E-state index contributed by atoms with van der Waals surface area (Å²) in [6, 6.07) is 10.7. The van der Waals surface area contributed by atoms with Crippen molar-refractivity contribution >= 4 is 17.7 Å². The molecule has 0 atom stereocenters. The van der Waals surface area contributed by atoms with Crippen molar-refractivity contribution in [3.8, 4) is 5.75 Å². The van der Waals surface area contributed by atoms with Crippen LogP contribution in [0.3, 0.4) is 0 Å². The average Bonchev–Trinajstić information content (AvgIpc) is 2.61. The van der Waals surface area contributed by atoms with Gasteiger partial charge in [0.25, 0.3) is 0 Å². The number of ether oxygens (including phenoxy) is 1. The predicted molar refractivity (Wildman–Crippen MR) is 102 cm³/mol. The first-order valence-corrected chi connectivity index (χ1v) is 9.71. The summed E-state index contributed by atoms with van der Waals surface area (Å²) in [5.41, 5.74) is 6.55. The van der Waals surface area contributed by atoms with Gasteiger partial charge in [-0.25, -0.2) is 4.79 Å². The molecule has 0 fully saturated rings. The highest BCUT2D eigenvalue weighted by Crippen LogP contribution is 2.37. The summed E-state index contributed by atoms with van der Waals surface area (Å²) in [6.07, 6.45) is 4.35. The van der Waals surface area contributed by atoms with Crippen LogP contribution in [0.15, 0.2) is 35.2 Å². The average molecular weight is 356 g/mol. The molecule has 1 aliphatic rings. The lowest BCUT2D eigenvalue weighted by atomic mass is 9.91. The van der Waals surface area contributed by atoms with Crippen molar-refractivity contribution in [2.45, 2.75) is 50.2 Å². The minimum Gasteiger partial charge on any atom is -0.482 e. The number of aryl methyl sites for hydroxylation is 2. The van der Waals surface area contributed by atoms with E-state index in [0.717, 1.165) is 30.8 Å². The molecule has 0 saturated carbocycles. The Morgan fingerprint density at radius 1 is 1.08 bits per heavy atom. The van der Waals surface area contributed by atoms with Crippen LogP contribution in [0.5, 0.6) is 5.75 Å². The van der Waals surface area contributed by atoms with Gasteiger partial charge in [0.1, 0.15) is 5.75 Å². The Hall–Kier alpha value is -1.94. The number of fused-ring (bicyclic) bond motifs is 1. The largest absolute Gasteiger partial charge is 0.482 e. The van der Waals surface area contributed by atoms with Gasteiger partial charge >= 0.3 is 5.97 Å². The first-order valence-electron chi connectivity index (χ1n) is 8.73. The molecule has 0 spiro atoms. The summed E-state index contributed by atoms with van der Waals surface area (Å²) < 4.78 is 5.50. The van der Waals surface area contributed by atoms with Crippen LogP contribution in [0, 0.1) is 13.8 Å². The van der Waals surface area contributed by atoms with E-state index in [1.807, 2.05) is 17.8 Å². The lowest BCUT2D eigenvalue weighted by molar-refractivity contribution is -0.139. The highest BCUT2D eigenvalue weighted by molar-refractivity contribution is 7.98. The molecule has 0 saturated heterocycles. The number of carboxylic acids is 1. The van der Waals surface area contributed by atoms with Gasteiger partial charge < -0.3 is 9.84 Å². The minimum atomic E-state index is -0.933. The van der Waals surface area contributed by atoms with E-state index in [1.165, 1.54) is 39.1 Å². The van der Waals surface area contributed by atoms with Gasteiger partial charge in [-0.05, 0) is 79.5 Å². The van der Waals surface area contributed by atoms with Gasteiger partial charge in [0.15, 0.2) is 6.61 Å². The molecule has 25 heavy (non-hydrogen) atoms.